The van der Waals surface area contributed by atoms with E-state index in [-0.39, 0.29) is 17.0 Å². The van der Waals surface area contributed by atoms with Crippen molar-refractivity contribution in [2.45, 2.75) is 6.42 Å². The number of aromatic nitrogens is 1. The van der Waals surface area contributed by atoms with Gasteiger partial charge in [0.15, 0.2) is 0 Å². The minimum absolute atomic E-state index is 0.128. The molecule has 1 aromatic heterocycles. The lowest BCUT2D eigenvalue weighted by Crippen LogP contribution is -2.31. The first kappa shape index (κ1) is 15.5. The Morgan fingerprint density at radius 3 is 2.65 bits per heavy atom. The Balaban J connectivity index is 1.75. The molecule has 0 radical (unpaired) electrons. The molecule has 0 bridgehead atoms. The second-order valence-electron chi connectivity index (χ2n) is 5.24. The van der Waals surface area contributed by atoms with Crippen molar-refractivity contribution in [3.8, 4) is 0 Å². The second-order valence-corrected chi connectivity index (χ2v) is 6.15. The highest BCUT2D eigenvalue weighted by atomic mass is 79.9. The number of aromatic amines is 1. The van der Waals surface area contributed by atoms with Crippen molar-refractivity contribution in [2.75, 3.05) is 6.54 Å². The van der Waals surface area contributed by atoms with Crippen molar-refractivity contribution >= 4 is 32.7 Å². The molecule has 0 aliphatic carbocycles. The fraction of sp³-hybridized carbons (Fsp3) is 0.111. The van der Waals surface area contributed by atoms with Gasteiger partial charge >= 0.3 is 0 Å². The number of amides is 1. The normalized spacial score (nSPS) is 10.7. The van der Waals surface area contributed by atoms with Crippen molar-refractivity contribution in [1.82, 2.24) is 10.3 Å². The lowest BCUT2D eigenvalue weighted by atomic mass is 10.1. The van der Waals surface area contributed by atoms with E-state index in [1.54, 1.807) is 12.1 Å². The Labute approximate surface area is 141 Å². The van der Waals surface area contributed by atoms with Gasteiger partial charge in [-0.2, -0.15) is 0 Å². The summed E-state index contributed by atoms with van der Waals surface area (Å²) in [6.07, 6.45) is 0.726. The molecule has 1 heterocycles. The Hall–Kier alpha value is -2.40. The number of rotatable bonds is 4. The van der Waals surface area contributed by atoms with E-state index < -0.39 is 0 Å². The van der Waals surface area contributed by atoms with E-state index in [0.29, 0.717) is 12.1 Å². The maximum atomic E-state index is 12.2. The first-order valence-corrected chi connectivity index (χ1v) is 8.07. The Morgan fingerprint density at radius 1 is 1.09 bits per heavy atom. The zero-order chi connectivity index (χ0) is 16.2. The van der Waals surface area contributed by atoms with Crippen LogP contribution in [-0.2, 0) is 6.42 Å². The van der Waals surface area contributed by atoms with E-state index >= 15 is 0 Å². The predicted octanol–water partition coefficient (Wildman–Crippen LogP) is 3.26. The van der Waals surface area contributed by atoms with Gasteiger partial charge in [0.05, 0.1) is 0 Å². The zero-order valence-corrected chi connectivity index (χ0v) is 13.9. The van der Waals surface area contributed by atoms with Crippen LogP contribution in [0.1, 0.15) is 15.9 Å². The zero-order valence-electron chi connectivity index (χ0n) is 12.3. The number of carbonyl (C=O) groups is 1. The van der Waals surface area contributed by atoms with Crippen LogP contribution < -0.4 is 10.9 Å². The van der Waals surface area contributed by atoms with Crippen LogP contribution in [0, 0.1) is 0 Å². The first-order valence-electron chi connectivity index (χ1n) is 7.28. The molecule has 3 rings (SSSR count). The van der Waals surface area contributed by atoms with Crippen molar-refractivity contribution < 1.29 is 4.79 Å². The summed E-state index contributed by atoms with van der Waals surface area (Å²) in [6, 6.07) is 17.0. The number of nitrogens with one attached hydrogen (secondary N) is 2. The molecular weight excluding hydrogens is 356 g/mol. The molecule has 0 saturated carbocycles. The molecule has 1 amide bonds. The van der Waals surface area contributed by atoms with E-state index in [1.165, 1.54) is 0 Å². The van der Waals surface area contributed by atoms with E-state index in [1.807, 2.05) is 42.5 Å². The standard InChI is InChI=1S/C18H15BrN2O2/c19-14-6-7-16-13(10-14)11-15(18(23)21-16)17(22)20-9-8-12-4-2-1-3-5-12/h1-7,10-11H,8-9H2,(H,20,22)(H,21,23). The molecule has 5 heteroatoms. The lowest BCUT2D eigenvalue weighted by Gasteiger charge is -2.06. The van der Waals surface area contributed by atoms with Crippen LogP contribution in [0.4, 0.5) is 0 Å². The summed E-state index contributed by atoms with van der Waals surface area (Å²) in [5, 5.41) is 3.61. The molecule has 116 valence electrons. The van der Waals surface area contributed by atoms with Crippen LogP contribution in [0.5, 0.6) is 0 Å². The maximum Gasteiger partial charge on any atom is 0.261 e. The highest BCUT2D eigenvalue weighted by Crippen LogP contribution is 2.17. The molecule has 0 saturated heterocycles. The summed E-state index contributed by atoms with van der Waals surface area (Å²) in [7, 11) is 0. The number of carbonyl (C=O) groups excluding carboxylic acids is 1. The van der Waals surface area contributed by atoms with Gasteiger partial charge in [0, 0.05) is 21.9 Å². The Bertz CT molecular complexity index is 904. The molecule has 2 aromatic carbocycles. The second kappa shape index (κ2) is 6.79. The van der Waals surface area contributed by atoms with E-state index in [4.69, 9.17) is 0 Å². The van der Waals surface area contributed by atoms with Crippen LogP contribution in [0.3, 0.4) is 0 Å². The molecule has 2 N–H and O–H groups in total. The summed E-state index contributed by atoms with van der Waals surface area (Å²) < 4.78 is 0.896. The quantitative estimate of drug-likeness (QED) is 0.740. The van der Waals surface area contributed by atoms with Gasteiger partial charge in [-0.15, -0.1) is 0 Å². The van der Waals surface area contributed by atoms with Crippen molar-refractivity contribution in [2.24, 2.45) is 0 Å². The summed E-state index contributed by atoms with van der Waals surface area (Å²) in [5.74, 6) is -0.357. The molecule has 0 fully saturated rings. The van der Waals surface area contributed by atoms with Gasteiger partial charge in [0.25, 0.3) is 11.5 Å². The fourth-order valence-corrected chi connectivity index (χ4v) is 2.79. The van der Waals surface area contributed by atoms with Gasteiger partial charge in [-0.05, 0) is 36.2 Å². The van der Waals surface area contributed by atoms with Crippen molar-refractivity contribution in [3.63, 3.8) is 0 Å². The van der Waals surface area contributed by atoms with Crippen molar-refractivity contribution in [3.05, 3.63) is 80.6 Å². The first-order chi connectivity index (χ1) is 11.1. The van der Waals surface area contributed by atoms with E-state index in [9.17, 15) is 9.59 Å². The average Bonchev–Trinajstić information content (AvgIpc) is 2.55. The molecule has 23 heavy (non-hydrogen) atoms. The van der Waals surface area contributed by atoms with E-state index in [0.717, 1.165) is 21.8 Å². The SMILES string of the molecule is O=C(NCCc1ccccc1)c1cc2cc(Br)ccc2[nH]c1=O. The third kappa shape index (κ3) is 3.68. The summed E-state index contributed by atoms with van der Waals surface area (Å²) in [4.78, 5) is 27.0. The molecule has 0 aliphatic rings. The smallest absolute Gasteiger partial charge is 0.261 e. The van der Waals surface area contributed by atoms with Crippen LogP contribution in [0.25, 0.3) is 10.9 Å². The minimum atomic E-state index is -0.378. The third-order valence-corrected chi connectivity index (χ3v) is 4.09. The maximum absolute atomic E-state index is 12.2. The molecule has 0 unspecified atom stereocenters. The van der Waals surface area contributed by atoms with Gasteiger partial charge < -0.3 is 10.3 Å². The fourth-order valence-electron chi connectivity index (χ4n) is 2.41. The third-order valence-electron chi connectivity index (χ3n) is 3.59. The van der Waals surface area contributed by atoms with E-state index in [2.05, 4.69) is 26.2 Å². The molecule has 0 aliphatic heterocycles. The number of halogens is 1. The highest BCUT2D eigenvalue weighted by molar-refractivity contribution is 9.10. The molecule has 3 aromatic rings. The Morgan fingerprint density at radius 2 is 1.87 bits per heavy atom. The van der Waals surface area contributed by atoms with Crippen LogP contribution in [-0.4, -0.2) is 17.4 Å². The number of hydrogen-bond acceptors (Lipinski definition) is 2. The van der Waals surface area contributed by atoms with Crippen LogP contribution in [0.2, 0.25) is 0 Å². The van der Waals surface area contributed by atoms with Gasteiger partial charge in [0.1, 0.15) is 5.56 Å². The lowest BCUT2D eigenvalue weighted by molar-refractivity contribution is 0.0953. The molecule has 0 spiro atoms. The minimum Gasteiger partial charge on any atom is -0.352 e. The monoisotopic (exact) mass is 370 g/mol. The van der Waals surface area contributed by atoms with Gasteiger partial charge in [-0.1, -0.05) is 46.3 Å². The largest absolute Gasteiger partial charge is 0.352 e. The summed E-state index contributed by atoms with van der Waals surface area (Å²) >= 11 is 3.39. The average molecular weight is 371 g/mol. The number of hydrogen-bond donors (Lipinski definition) is 2. The number of fused-ring (bicyclic) bond motifs is 1. The summed E-state index contributed by atoms with van der Waals surface area (Å²) in [6.45, 7) is 0.485. The molecule has 0 atom stereocenters. The van der Waals surface area contributed by atoms with Crippen LogP contribution in [0.15, 0.2) is 63.9 Å². The number of benzene rings is 2. The molecule has 4 nitrogen and oxygen atoms in total. The highest BCUT2D eigenvalue weighted by Gasteiger charge is 2.11. The van der Waals surface area contributed by atoms with Crippen molar-refractivity contribution in [1.29, 1.82) is 0 Å². The topological polar surface area (TPSA) is 62.0 Å². The summed E-state index contributed by atoms with van der Waals surface area (Å²) in [5.41, 5.74) is 1.60. The van der Waals surface area contributed by atoms with Gasteiger partial charge in [0.2, 0.25) is 0 Å². The Kier molecular flexibility index (Phi) is 4.57. The number of pyridine rings is 1. The van der Waals surface area contributed by atoms with Gasteiger partial charge in [-0.25, -0.2) is 0 Å². The van der Waals surface area contributed by atoms with Crippen LogP contribution >= 0.6 is 15.9 Å². The predicted molar refractivity (Wildman–Crippen MR) is 94.7 cm³/mol. The van der Waals surface area contributed by atoms with Gasteiger partial charge in [-0.3, -0.25) is 9.59 Å². The molecular formula is C18H15BrN2O2. The number of H-pyrrole nitrogens is 1.